The number of unbranched alkanes of at least 4 members (excludes halogenated alkanes) is 16. The van der Waals surface area contributed by atoms with E-state index in [1.807, 2.05) is 27.2 Å². The molecule has 0 aromatic rings. The van der Waals surface area contributed by atoms with Crippen LogP contribution in [0, 0.1) is 0 Å². The van der Waals surface area contributed by atoms with Crippen molar-refractivity contribution in [1.82, 2.24) is 0 Å². The molecule has 0 fully saturated rings. The number of hydrogen-bond acceptors (Lipinski definition) is 7. The number of likely N-dealkylation sites (N-methyl/N-ethyl adjacent to an activating group) is 1. The van der Waals surface area contributed by atoms with Gasteiger partial charge in [-0.1, -0.05) is 146 Å². The van der Waals surface area contributed by atoms with Crippen molar-refractivity contribution in [2.24, 2.45) is 0 Å². The van der Waals surface area contributed by atoms with E-state index in [0.717, 1.165) is 51.4 Å². The van der Waals surface area contributed by atoms with E-state index >= 15 is 0 Å². The number of phosphoric acid groups is 1. The number of carbonyl (C=O) groups is 1. The summed E-state index contributed by atoms with van der Waals surface area (Å²) in [7, 11) is 1.33. The predicted octanol–water partition coefficient (Wildman–Crippen LogP) is 11.9. The van der Waals surface area contributed by atoms with Gasteiger partial charge in [-0.25, -0.2) is 0 Å². The van der Waals surface area contributed by atoms with Crippen LogP contribution >= 0.6 is 7.82 Å². The van der Waals surface area contributed by atoms with Gasteiger partial charge in [-0.15, -0.1) is 0 Å². The number of quaternary nitrogens is 1. The van der Waals surface area contributed by atoms with Crippen molar-refractivity contribution in [3.8, 4) is 0 Å². The Kier molecular flexibility index (Phi) is 35.6. The summed E-state index contributed by atoms with van der Waals surface area (Å²) in [5.41, 5.74) is 0. The van der Waals surface area contributed by atoms with Gasteiger partial charge in [0, 0.05) is 6.42 Å². The van der Waals surface area contributed by atoms with Gasteiger partial charge in [0.1, 0.15) is 19.8 Å². The number of nitrogens with zero attached hydrogens (tertiary/aromatic N) is 1. The topological polar surface area (TPSA) is 94.1 Å². The molecule has 0 heterocycles. The molecule has 0 aromatic carbocycles. The highest BCUT2D eigenvalue weighted by molar-refractivity contribution is 7.45. The molecular formula is C44H80NO7P. The average molecular weight is 766 g/mol. The third-order valence-electron chi connectivity index (χ3n) is 8.67. The Hall–Kier alpha value is -1.96. The first-order chi connectivity index (χ1) is 25.6. The van der Waals surface area contributed by atoms with Crippen molar-refractivity contribution >= 4 is 13.8 Å². The molecule has 0 aliphatic carbocycles. The Morgan fingerprint density at radius 2 is 1.11 bits per heavy atom. The first kappa shape index (κ1) is 51.0. The highest BCUT2D eigenvalue weighted by Crippen LogP contribution is 2.38. The molecule has 308 valence electrons. The van der Waals surface area contributed by atoms with Crippen LogP contribution in [-0.2, 0) is 27.9 Å². The van der Waals surface area contributed by atoms with E-state index in [0.29, 0.717) is 23.9 Å². The molecule has 2 unspecified atom stereocenters. The van der Waals surface area contributed by atoms with Crippen LogP contribution < -0.4 is 4.89 Å². The summed E-state index contributed by atoms with van der Waals surface area (Å²) in [4.78, 5) is 24.8. The van der Waals surface area contributed by atoms with Gasteiger partial charge in [0.2, 0.25) is 0 Å². The SMILES string of the molecule is CC/C=C\C/C=C\C/C=C\C/C=C\CCCCC(=O)OCC(COP(=O)([O-])OCC[N+](C)(C)C)O/C=C\CCCCCCCCCCCCCCCC. The number of rotatable bonds is 38. The van der Waals surface area contributed by atoms with Gasteiger partial charge in [0.05, 0.1) is 34.0 Å². The lowest BCUT2D eigenvalue weighted by Crippen LogP contribution is -2.37. The van der Waals surface area contributed by atoms with Gasteiger partial charge >= 0.3 is 5.97 Å². The molecule has 0 rings (SSSR count). The third kappa shape index (κ3) is 41.1. The van der Waals surface area contributed by atoms with Crippen molar-refractivity contribution < 1.29 is 37.3 Å². The molecular weight excluding hydrogens is 685 g/mol. The van der Waals surface area contributed by atoms with E-state index in [9.17, 15) is 14.3 Å². The molecule has 2 atom stereocenters. The summed E-state index contributed by atoms with van der Waals surface area (Å²) >= 11 is 0. The first-order valence-corrected chi connectivity index (χ1v) is 22.5. The fraction of sp³-hybridized carbons (Fsp3) is 0.750. The highest BCUT2D eigenvalue weighted by Gasteiger charge is 2.19. The Morgan fingerprint density at radius 3 is 1.66 bits per heavy atom. The zero-order chi connectivity index (χ0) is 39.1. The molecule has 53 heavy (non-hydrogen) atoms. The molecule has 0 aromatic heterocycles. The van der Waals surface area contributed by atoms with Crippen LogP contribution in [0.4, 0.5) is 0 Å². The van der Waals surface area contributed by atoms with Crippen molar-refractivity contribution in [2.45, 2.75) is 168 Å². The molecule has 8 nitrogen and oxygen atoms in total. The third-order valence-corrected chi connectivity index (χ3v) is 9.64. The van der Waals surface area contributed by atoms with E-state index in [2.05, 4.69) is 62.5 Å². The summed E-state index contributed by atoms with van der Waals surface area (Å²) in [5, 5.41) is 0. The molecule has 0 saturated carbocycles. The van der Waals surface area contributed by atoms with E-state index in [1.54, 1.807) is 6.26 Å². The lowest BCUT2D eigenvalue weighted by atomic mass is 10.0. The fourth-order valence-electron chi connectivity index (χ4n) is 5.34. The molecule has 0 aliphatic rings. The number of esters is 1. The van der Waals surface area contributed by atoms with Crippen molar-refractivity contribution in [2.75, 3.05) is 47.5 Å². The second-order valence-corrected chi connectivity index (χ2v) is 16.4. The van der Waals surface area contributed by atoms with Gasteiger partial charge in [0.15, 0.2) is 6.10 Å². The Morgan fingerprint density at radius 1 is 0.623 bits per heavy atom. The lowest BCUT2D eigenvalue weighted by molar-refractivity contribution is -0.870. The smallest absolute Gasteiger partial charge is 0.305 e. The van der Waals surface area contributed by atoms with E-state index in [4.69, 9.17) is 18.5 Å². The minimum Gasteiger partial charge on any atom is -0.756 e. The fourth-order valence-corrected chi connectivity index (χ4v) is 6.07. The van der Waals surface area contributed by atoms with Crippen LogP contribution in [0.2, 0.25) is 0 Å². The Balaban J connectivity index is 4.38. The monoisotopic (exact) mass is 766 g/mol. The van der Waals surface area contributed by atoms with Crippen molar-refractivity contribution in [1.29, 1.82) is 0 Å². The molecule has 0 saturated heterocycles. The van der Waals surface area contributed by atoms with Gasteiger partial charge in [-0.05, 0) is 63.9 Å². The number of phosphoric ester groups is 1. The molecule has 0 aliphatic heterocycles. The number of hydrogen-bond donors (Lipinski definition) is 0. The van der Waals surface area contributed by atoms with Crippen molar-refractivity contribution in [3.05, 3.63) is 60.9 Å². The maximum Gasteiger partial charge on any atom is 0.305 e. The lowest BCUT2D eigenvalue weighted by Gasteiger charge is -2.28. The molecule has 0 amide bonds. The zero-order valence-corrected chi connectivity index (χ0v) is 35.6. The van der Waals surface area contributed by atoms with Gasteiger partial charge in [-0.3, -0.25) is 9.36 Å². The van der Waals surface area contributed by atoms with Crippen LogP contribution in [0.15, 0.2) is 60.9 Å². The van der Waals surface area contributed by atoms with E-state index < -0.39 is 13.9 Å². The van der Waals surface area contributed by atoms with Crippen LogP contribution in [0.1, 0.15) is 162 Å². The summed E-state index contributed by atoms with van der Waals surface area (Å²) in [6, 6.07) is 0. The van der Waals surface area contributed by atoms with Gasteiger partial charge in [0.25, 0.3) is 7.82 Å². The van der Waals surface area contributed by atoms with Gasteiger partial charge < -0.3 is 27.9 Å². The molecule has 0 bridgehead atoms. The zero-order valence-electron chi connectivity index (χ0n) is 34.7. The van der Waals surface area contributed by atoms with Crippen LogP contribution in [-0.4, -0.2) is 64.1 Å². The molecule has 0 spiro atoms. The molecule has 0 N–H and O–H groups in total. The normalized spacial score (nSPS) is 14.4. The van der Waals surface area contributed by atoms with Crippen LogP contribution in [0.5, 0.6) is 0 Å². The van der Waals surface area contributed by atoms with E-state index in [1.165, 1.54) is 83.5 Å². The maximum absolute atomic E-state index is 12.4. The Bertz CT molecular complexity index is 1030. The highest BCUT2D eigenvalue weighted by atomic mass is 31.2. The maximum atomic E-state index is 12.4. The summed E-state index contributed by atoms with van der Waals surface area (Å²) in [6.07, 6.45) is 46.2. The minimum atomic E-state index is -4.52. The summed E-state index contributed by atoms with van der Waals surface area (Å²) in [6.45, 7) is 4.54. The molecule has 0 radical (unpaired) electrons. The number of carbonyl (C=O) groups excluding carboxylic acids is 1. The standard InChI is InChI=1S/C44H80NO7P/c1-6-8-10-12-14-16-18-20-22-24-26-28-30-32-34-36-39-49-43(42-52-53(47,48)51-40-38-45(3,4)5)41-50-44(46)37-35-33-31-29-27-25-23-21-19-17-15-13-11-9-7-2/h9,11,15,17,21,23,27,29,36,39,43H,6-8,10,12-14,16,18-20,22,24-26,28,30-35,37-38,40-42H2,1-5H3/b11-9-,17-15-,23-21-,29-27-,39-36-. The Labute approximate surface area is 326 Å². The summed E-state index contributed by atoms with van der Waals surface area (Å²) < 4.78 is 34.3. The predicted molar refractivity (Wildman–Crippen MR) is 221 cm³/mol. The number of allylic oxidation sites excluding steroid dienone is 9. The van der Waals surface area contributed by atoms with Gasteiger partial charge in [-0.2, -0.15) is 0 Å². The van der Waals surface area contributed by atoms with Crippen molar-refractivity contribution in [3.63, 3.8) is 0 Å². The second kappa shape index (κ2) is 37.0. The quantitative estimate of drug-likeness (QED) is 0.0154. The summed E-state index contributed by atoms with van der Waals surface area (Å²) in [5.74, 6) is -0.334. The first-order valence-electron chi connectivity index (χ1n) is 21.1. The molecule has 9 heteroatoms. The average Bonchev–Trinajstić information content (AvgIpc) is 3.11. The largest absolute Gasteiger partial charge is 0.756 e. The van der Waals surface area contributed by atoms with Crippen LogP contribution in [0.25, 0.3) is 0 Å². The van der Waals surface area contributed by atoms with Crippen LogP contribution in [0.3, 0.4) is 0 Å². The van der Waals surface area contributed by atoms with E-state index in [-0.39, 0.29) is 25.8 Å². The number of ether oxygens (including phenoxy) is 2. The minimum absolute atomic E-state index is 0.0186. The second-order valence-electron chi connectivity index (χ2n) is 15.0.